The fourth-order valence-corrected chi connectivity index (χ4v) is 8.24. The van der Waals surface area contributed by atoms with Crippen molar-refractivity contribution in [3.8, 4) is 22.3 Å². The molecule has 0 radical (unpaired) electrons. The van der Waals surface area contributed by atoms with Gasteiger partial charge in [0.25, 0.3) is 0 Å². The van der Waals surface area contributed by atoms with Gasteiger partial charge in [-0.05, 0) is 99.0 Å². The highest BCUT2D eigenvalue weighted by Gasteiger charge is 2.18. The predicted octanol–water partition coefficient (Wildman–Crippen LogP) is 11.9. The minimum Gasteiger partial charge on any atom is -0.254 e. The lowest BCUT2D eigenvalue weighted by Crippen LogP contribution is -1.92. The number of hydrogen-bond donors (Lipinski definition) is 0. The van der Waals surface area contributed by atoms with Crippen molar-refractivity contribution in [2.75, 3.05) is 0 Å². The Balaban J connectivity index is 1.17. The van der Waals surface area contributed by atoms with Crippen LogP contribution in [0.5, 0.6) is 0 Å². The zero-order valence-corrected chi connectivity index (χ0v) is 24.8. The Morgan fingerprint density at radius 3 is 1.02 bits per heavy atom. The summed E-state index contributed by atoms with van der Waals surface area (Å²) in [4.78, 5) is 9.92. The van der Waals surface area contributed by atoms with E-state index in [1.165, 1.54) is 86.9 Å². The molecule has 11 rings (SSSR count). The van der Waals surface area contributed by atoms with E-state index in [0.29, 0.717) is 0 Å². The first-order chi connectivity index (χ1) is 22.8. The molecule has 11 aromatic rings. The van der Waals surface area contributed by atoms with Gasteiger partial charge in [0.15, 0.2) is 0 Å². The van der Waals surface area contributed by atoms with Gasteiger partial charge in [0.2, 0.25) is 0 Å². The quantitative estimate of drug-likeness (QED) is 0.190. The molecule has 2 heteroatoms. The van der Waals surface area contributed by atoms with Crippen LogP contribution in [-0.2, 0) is 0 Å². The summed E-state index contributed by atoms with van der Waals surface area (Å²) < 4.78 is 0. The van der Waals surface area contributed by atoms with Gasteiger partial charge >= 0.3 is 0 Å². The number of nitrogens with zero attached hydrogens (tertiary/aromatic N) is 2. The predicted molar refractivity (Wildman–Crippen MR) is 195 cm³/mol. The van der Waals surface area contributed by atoms with E-state index >= 15 is 0 Å². The van der Waals surface area contributed by atoms with Gasteiger partial charge in [0.05, 0.1) is 11.0 Å². The van der Waals surface area contributed by atoms with Crippen LogP contribution in [-0.4, -0.2) is 9.97 Å². The van der Waals surface area contributed by atoms with Crippen molar-refractivity contribution >= 4 is 86.4 Å². The second-order valence-corrected chi connectivity index (χ2v) is 12.5. The maximum atomic E-state index is 4.96. The Labute approximate surface area is 263 Å². The van der Waals surface area contributed by atoms with Crippen LogP contribution in [0.25, 0.3) is 109 Å². The second-order valence-electron chi connectivity index (χ2n) is 12.5. The molecule has 0 aliphatic heterocycles. The van der Waals surface area contributed by atoms with Crippen molar-refractivity contribution in [2.45, 2.75) is 0 Å². The molecule has 2 aromatic heterocycles. The molecule has 0 bridgehead atoms. The van der Waals surface area contributed by atoms with Crippen LogP contribution < -0.4 is 0 Å². The molecule has 0 atom stereocenters. The van der Waals surface area contributed by atoms with Gasteiger partial charge in [0.1, 0.15) is 0 Å². The first-order valence-corrected chi connectivity index (χ1v) is 15.8. The van der Waals surface area contributed by atoms with Gasteiger partial charge in [-0.25, -0.2) is 0 Å². The van der Waals surface area contributed by atoms with Gasteiger partial charge in [-0.3, -0.25) is 9.97 Å². The average Bonchev–Trinajstić information content (AvgIpc) is 3.12. The summed E-state index contributed by atoms with van der Waals surface area (Å²) in [5.74, 6) is 0. The van der Waals surface area contributed by atoms with Crippen LogP contribution in [0.4, 0.5) is 0 Å². The zero-order chi connectivity index (χ0) is 29.9. The highest BCUT2D eigenvalue weighted by molar-refractivity contribution is 6.28. The van der Waals surface area contributed by atoms with Gasteiger partial charge in [-0.1, -0.05) is 121 Å². The number of benzene rings is 9. The van der Waals surface area contributed by atoms with Crippen molar-refractivity contribution in [1.82, 2.24) is 9.97 Å². The molecule has 0 aliphatic rings. The fraction of sp³-hybridized carbons (Fsp3) is 0. The Kier molecular flexibility index (Phi) is 4.61. The van der Waals surface area contributed by atoms with Crippen LogP contribution in [0.3, 0.4) is 0 Å². The van der Waals surface area contributed by atoms with E-state index in [9.17, 15) is 0 Å². The molecule has 0 amide bonds. The molecule has 9 aromatic carbocycles. The maximum absolute atomic E-state index is 4.96. The van der Waals surface area contributed by atoms with Crippen molar-refractivity contribution in [1.29, 1.82) is 0 Å². The maximum Gasteiger partial charge on any atom is 0.0970 e. The molecule has 0 spiro atoms. The minimum atomic E-state index is 0.931. The standard InChI is InChI=1S/C44H24N2/c1-3-25-7-9-29-11-15-31(35-17-13-27(5-1)39(25)41(29)35)33-21-23-45-43-37(33)19-20-38-34(22-24-46-44(38)43)32-16-12-30-10-8-26-4-2-6-28-14-18-36(32)42(30)40(26)28/h1-24H. The summed E-state index contributed by atoms with van der Waals surface area (Å²) in [7, 11) is 0. The molecule has 210 valence electrons. The van der Waals surface area contributed by atoms with E-state index in [2.05, 4.69) is 133 Å². The van der Waals surface area contributed by atoms with Gasteiger partial charge in [-0.15, -0.1) is 0 Å². The van der Waals surface area contributed by atoms with Crippen LogP contribution in [0, 0.1) is 0 Å². The summed E-state index contributed by atoms with van der Waals surface area (Å²) in [6, 6.07) is 49.1. The first-order valence-electron chi connectivity index (χ1n) is 15.8. The van der Waals surface area contributed by atoms with E-state index in [1.54, 1.807) is 0 Å². The number of pyridine rings is 2. The van der Waals surface area contributed by atoms with Gasteiger partial charge in [0, 0.05) is 23.2 Å². The monoisotopic (exact) mass is 580 g/mol. The smallest absolute Gasteiger partial charge is 0.0970 e. The summed E-state index contributed by atoms with van der Waals surface area (Å²) in [6.07, 6.45) is 3.89. The van der Waals surface area contributed by atoms with Gasteiger partial charge in [-0.2, -0.15) is 0 Å². The molecule has 46 heavy (non-hydrogen) atoms. The fourth-order valence-electron chi connectivity index (χ4n) is 8.24. The molecular formula is C44H24N2. The Hall–Kier alpha value is -6.12. The molecule has 0 N–H and O–H groups in total. The van der Waals surface area contributed by atoms with E-state index < -0.39 is 0 Å². The lowest BCUT2D eigenvalue weighted by atomic mass is 9.88. The minimum absolute atomic E-state index is 0.931. The lowest BCUT2D eigenvalue weighted by Gasteiger charge is -2.17. The molecule has 0 unspecified atom stereocenters. The molecule has 0 fully saturated rings. The molecule has 2 nitrogen and oxygen atoms in total. The van der Waals surface area contributed by atoms with Crippen molar-refractivity contribution in [3.05, 3.63) is 146 Å². The highest BCUT2D eigenvalue weighted by Crippen LogP contribution is 2.44. The first kappa shape index (κ1) is 24.2. The number of fused-ring (bicyclic) bond motifs is 3. The van der Waals surface area contributed by atoms with Crippen LogP contribution in [0.2, 0.25) is 0 Å². The van der Waals surface area contributed by atoms with Crippen molar-refractivity contribution < 1.29 is 0 Å². The largest absolute Gasteiger partial charge is 0.254 e. The molecule has 0 saturated heterocycles. The average molecular weight is 581 g/mol. The Bertz CT molecular complexity index is 2790. The van der Waals surface area contributed by atoms with Crippen molar-refractivity contribution in [2.24, 2.45) is 0 Å². The Morgan fingerprint density at radius 2 is 0.587 bits per heavy atom. The SMILES string of the molecule is c1cc2ccc3ccc(-c4ccnc5c4ccc4c(-c6ccc7ccc8cccc9ccc6c7c89)ccnc45)c4ccc(c1)c2c34. The molecule has 0 aliphatic carbocycles. The summed E-state index contributed by atoms with van der Waals surface area (Å²) >= 11 is 0. The van der Waals surface area contributed by atoms with Crippen LogP contribution >= 0.6 is 0 Å². The van der Waals surface area contributed by atoms with E-state index in [-0.39, 0.29) is 0 Å². The summed E-state index contributed by atoms with van der Waals surface area (Å²) in [5.41, 5.74) is 6.67. The highest BCUT2D eigenvalue weighted by atomic mass is 14.7. The van der Waals surface area contributed by atoms with Gasteiger partial charge < -0.3 is 0 Å². The van der Waals surface area contributed by atoms with E-state index in [4.69, 9.17) is 9.97 Å². The Morgan fingerprint density at radius 1 is 0.261 bits per heavy atom. The van der Waals surface area contributed by atoms with E-state index in [0.717, 1.165) is 21.8 Å². The molecular weight excluding hydrogens is 556 g/mol. The molecule has 2 heterocycles. The van der Waals surface area contributed by atoms with E-state index in [1.807, 2.05) is 12.4 Å². The number of hydrogen-bond acceptors (Lipinski definition) is 2. The normalized spacial score (nSPS) is 12.3. The third-order valence-electron chi connectivity index (χ3n) is 10.3. The zero-order valence-electron chi connectivity index (χ0n) is 24.8. The number of rotatable bonds is 2. The summed E-state index contributed by atoms with van der Waals surface area (Å²) in [5, 5.41) is 17.8. The van der Waals surface area contributed by atoms with Crippen LogP contribution in [0.15, 0.2) is 146 Å². The number of aromatic nitrogens is 2. The van der Waals surface area contributed by atoms with Crippen molar-refractivity contribution in [3.63, 3.8) is 0 Å². The molecule has 0 saturated carbocycles. The topological polar surface area (TPSA) is 25.8 Å². The second kappa shape index (κ2) is 8.74. The summed E-state index contributed by atoms with van der Waals surface area (Å²) in [6.45, 7) is 0. The third kappa shape index (κ3) is 3.10. The third-order valence-corrected chi connectivity index (χ3v) is 10.3. The van der Waals surface area contributed by atoms with Crippen LogP contribution in [0.1, 0.15) is 0 Å². The lowest BCUT2D eigenvalue weighted by molar-refractivity contribution is 1.37.